The summed E-state index contributed by atoms with van der Waals surface area (Å²) in [5.41, 5.74) is 0.248. The van der Waals surface area contributed by atoms with Crippen molar-refractivity contribution in [2.24, 2.45) is 0 Å². The second-order valence-electron chi connectivity index (χ2n) is 5.72. The third-order valence-electron chi connectivity index (χ3n) is 2.66. The molecule has 0 rings (SSSR count). The van der Waals surface area contributed by atoms with Gasteiger partial charge in [-0.15, -0.1) is 6.42 Å². The Kier molecular flexibility index (Phi) is 9.21. The SMILES string of the molecule is C#CCN(CCC)CCCCCNC(C)(C)C. The Bertz CT molecular complexity index is 210. The molecule has 0 amide bonds. The molecule has 0 aromatic heterocycles. The van der Waals surface area contributed by atoms with Crippen molar-refractivity contribution in [2.45, 2.75) is 58.9 Å². The Morgan fingerprint density at radius 1 is 1.12 bits per heavy atom. The fraction of sp³-hybridized carbons (Fsp3) is 0.867. The van der Waals surface area contributed by atoms with E-state index < -0.39 is 0 Å². The smallest absolute Gasteiger partial charge is 0.0598 e. The minimum atomic E-state index is 0.248. The molecule has 100 valence electrons. The summed E-state index contributed by atoms with van der Waals surface area (Å²) in [4.78, 5) is 2.37. The van der Waals surface area contributed by atoms with Gasteiger partial charge in [0.1, 0.15) is 0 Å². The van der Waals surface area contributed by atoms with Crippen LogP contribution in [0.5, 0.6) is 0 Å². The van der Waals surface area contributed by atoms with Gasteiger partial charge in [0.25, 0.3) is 0 Å². The molecule has 0 aliphatic carbocycles. The molecular formula is C15H30N2. The van der Waals surface area contributed by atoms with E-state index in [1.54, 1.807) is 0 Å². The third kappa shape index (κ3) is 11.7. The molecule has 0 fully saturated rings. The lowest BCUT2D eigenvalue weighted by Crippen LogP contribution is -2.36. The predicted molar refractivity (Wildman–Crippen MR) is 77.2 cm³/mol. The molecule has 17 heavy (non-hydrogen) atoms. The highest BCUT2D eigenvalue weighted by atomic mass is 15.1. The van der Waals surface area contributed by atoms with Gasteiger partial charge in [-0.25, -0.2) is 0 Å². The predicted octanol–water partition coefficient (Wildman–Crippen LogP) is 2.89. The normalized spacial score (nSPS) is 11.8. The van der Waals surface area contributed by atoms with Crippen molar-refractivity contribution in [1.82, 2.24) is 10.2 Å². The number of unbranched alkanes of at least 4 members (excludes halogenated alkanes) is 2. The Balaban J connectivity index is 3.45. The van der Waals surface area contributed by atoms with Crippen LogP contribution in [0.2, 0.25) is 0 Å². The molecule has 0 heterocycles. The van der Waals surface area contributed by atoms with Crippen LogP contribution in [0.15, 0.2) is 0 Å². The zero-order valence-corrected chi connectivity index (χ0v) is 12.2. The number of hydrogen-bond donors (Lipinski definition) is 1. The monoisotopic (exact) mass is 238 g/mol. The number of nitrogens with one attached hydrogen (secondary N) is 1. The summed E-state index contributed by atoms with van der Waals surface area (Å²) in [6.45, 7) is 13.0. The summed E-state index contributed by atoms with van der Waals surface area (Å²) >= 11 is 0. The number of hydrogen-bond acceptors (Lipinski definition) is 2. The molecule has 0 aliphatic rings. The molecule has 2 heteroatoms. The highest BCUT2D eigenvalue weighted by Gasteiger charge is 2.07. The van der Waals surface area contributed by atoms with Crippen LogP contribution >= 0.6 is 0 Å². The minimum absolute atomic E-state index is 0.248. The molecule has 1 N–H and O–H groups in total. The first kappa shape index (κ1) is 16.5. The van der Waals surface area contributed by atoms with Crippen molar-refractivity contribution in [3.8, 4) is 12.3 Å². The highest BCUT2D eigenvalue weighted by molar-refractivity contribution is 4.87. The molecule has 0 aromatic carbocycles. The second kappa shape index (κ2) is 9.50. The standard InChI is InChI=1S/C15H30N2/c1-6-12-17(13-7-2)14-10-8-9-11-16-15(3,4)5/h1,16H,7-14H2,2-5H3. The van der Waals surface area contributed by atoms with Gasteiger partial charge in [0, 0.05) is 5.54 Å². The first-order valence-electron chi connectivity index (χ1n) is 6.90. The van der Waals surface area contributed by atoms with Gasteiger partial charge in [0.05, 0.1) is 6.54 Å². The van der Waals surface area contributed by atoms with Gasteiger partial charge in [0.15, 0.2) is 0 Å². The van der Waals surface area contributed by atoms with E-state index in [9.17, 15) is 0 Å². The molecule has 0 aromatic rings. The van der Waals surface area contributed by atoms with Crippen molar-refractivity contribution in [1.29, 1.82) is 0 Å². The van der Waals surface area contributed by atoms with Crippen LogP contribution in [0.25, 0.3) is 0 Å². The topological polar surface area (TPSA) is 15.3 Å². The summed E-state index contributed by atoms with van der Waals surface area (Å²) in [5, 5.41) is 3.51. The molecule has 0 aliphatic heterocycles. The molecule has 0 saturated heterocycles. The van der Waals surface area contributed by atoms with Crippen LogP contribution < -0.4 is 5.32 Å². The largest absolute Gasteiger partial charge is 0.312 e. The minimum Gasteiger partial charge on any atom is -0.312 e. The van der Waals surface area contributed by atoms with E-state index in [2.05, 4.69) is 43.8 Å². The van der Waals surface area contributed by atoms with Crippen LogP contribution in [0.4, 0.5) is 0 Å². The summed E-state index contributed by atoms with van der Waals surface area (Å²) in [7, 11) is 0. The lowest BCUT2D eigenvalue weighted by Gasteiger charge is -2.21. The Hall–Kier alpha value is -0.520. The maximum absolute atomic E-state index is 5.36. The van der Waals surface area contributed by atoms with Gasteiger partial charge in [-0.2, -0.15) is 0 Å². The summed E-state index contributed by atoms with van der Waals surface area (Å²) in [5.74, 6) is 2.74. The van der Waals surface area contributed by atoms with E-state index in [1.807, 2.05) is 0 Å². The zero-order chi connectivity index (χ0) is 13.1. The lowest BCUT2D eigenvalue weighted by molar-refractivity contribution is 0.298. The average molecular weight is 238 g/mol. The maximum Gasteiger partial charge on any atom is 0.0598 e. The van der Waals surface area contributed by atoms with Crippen molar-refractivity contribution in [3.05, 3.63) is 0 Å². The first-order chi connectivity index (χ1) is 7.99. The molecule has 0 spiro atoms. The van der Waals surface area contributed by atoms with Crippen LogP contribution in [-0.4, -0.2) is 36.6 Å². The van der Waals surface area contributed by atoms with E-state index in [1.165, 1.54) is 25.7 Å². The third-order valence-corrected chi connectivity index (χ3v) is 2.66. The fourth-order valence-corrected chi connectivity index (χ4v) is 1.82. The van der Waals surface area contributed by atoms with Crippen LogP contribution in [-0.2, 0) is 0 Å². The van der Waals surface area contributed by atoms with Gasteiger partial charge >= 0.3 is 0 Å². The van der Waals surface area contributed by atoms with Crippen LogP contribution in [0.3, 0.4) is 0 Å². The number of nitrogens with zero attached hydrogens (tertiary/aromatic N) is 1. The molecule has 0 saturated carbocycles. The first-order valence-corrected chi connectivity index (χ1v) is 6.90. The molecule has 2 nitrogen and oxygen atoms in total. The van der Waals surface area contributed by atoms with Crippen molar-refractivity contribution in [2.75, 3.05) is 26.2 Å². The summed E-state index contributed by atoms with van der Waals surface area (Å²) < 4.78 is 0. The van der Waals surface area contributed by atoms with Gasteiger partial charge in [-0.1, -0.05) is 19.3 Å². The molecule has 0 radical (unpaired) electrons. The summed E-state index contributed by atoms with van der Waals surface area (Å²) in [6.07, 6.45) is 10.3. The van der Waals surface area contributed by atoms with Gasteiger partial charge < -0.3 is 5.32 Å². The molecular weight excluding hydrogens is 208 g/mol. The summed E-state index contributed by atoms with van der Waals surface area (Å²) in [6, 6.07) is 0. The number of terminal acetylenes is 1. The number of rotatable bonds is 9. The second-order valence-corrected chi connectivity index (χ2v) is 5.72. The van der Waals surface area contributed by atoms with E-state index >= 15 is 0 Å². The Labute approximate surface area is 108 Å². The van der Waals surface area contributed by atoms with Crippen molar-refractivity contribution in [3.63, 3.8) is 0 Å². The zero-order valence-electron chi connectivity index (χ0n) is 12.2. The van der Waals surface area contributed by atoms with Crippen LogP contribution in [0, 0.1) is 12.3 Å². The van der Waals surface area contributed by atoms with E-state index in [0.29, 0.717) is 0 Å². The Morgan fingerprint density at radius 3 is 2.35 bits per heavy atom. The fourth-order valence-electron chi connectivity index (χ4n) is 1.82. The molecule has 0 unspecified atom stereocenters. The highest BCUT2D eigenvalue weighted by Crippen LogP contribution is 2.02. The lowest BCUT2D eigenvalue weighted by atomic mass is 10.1. The maximum atomic E-state index is 5.36. The van der Waals surface area contributed by atoms with Gasteiger partial charge in [0.2, 0.25) is 0 Å². The van der Waals surface area contributed by atoms with Gasteiger partial charge in [-0.05, 0) is 59.7 Å². The van der Waals surface area contributed by atoms with Crippen molar-refractivity contribution < 1.29 is 0 Å². The van der Waals surface area contributed by atoms with E-state index in [0.717, 1.165) is 26.2 Å². The molecule has 0 atom stereocenters. The average Bonchev–Trinajstić information content (AvgIpc) is 2.22. The van der Waals surface area contributed by atoms with Gasteiger partial charge in [-0.3, -0.25) is 4.90 Å². The van der Waals surface area contributed by atoms with Crippen LogP contribution in [0.1, 0.15) is 53.4 Å². The quantitative estimate of drug-likeness (QED) is 0.491. The van der Waals surface area contributed by atoms with Crippen molar-refractivity contribution >= 4 is 0 Å². The van der Waals surface area contributed by atoms with E-state index in [-0.39, 0.29) is 5.54 Å². The Morgan fingerprint density at radius 2 is 1.82 bits per heavy atom. The molecule has 0 bridgehead atoms. The van der Waals surface area contributed by atoms with E-state index in [4.69, 9.17) is 6.42 Å².